The molecule has 3 nitrogen and oxygen atoms in total. The summed E-state index contributed by atoms with van der Waals surface area (Å²) in [5.41, 5.74) is -0.243. The number of hydrogen-bond acceptors (Lipinski definition) is 3. The van der Waals surface area contributed by atoms with Crippen LogP contribution in [0.15, 0.2) is 0 Å². The Kier molecular flexibility index (Phi) is 4.39. The van der Waals surface area contributed by atoms with Gasteiger partial charge in [-0.15, -0.1) is 0 Å². The van der Waals surface area contributed by atoms with Crippen LogP contribution in [0, 0.1) is 5.41 Å². The van der Waals surface area contributed by atoms with Crippen LogP contribution in [0.1, 0.15) is 39.5 Å². The van der Waals surface area contributed by atoms with Gasteiger partial charge >= 0.3 is 5.97 Å². The lowest BCUT2D eigenvalue weighted by Crippen LogP contribution is -2.46. The second-order valence-corrected chi connectivity index (χ2v) is 4.05. The van der Waals surface area contributed by atoms with Crippen LogP contribution in [0.4, 0.5) is 0 Å². The minimum atomic E-state index is -0.243. The summed E-state index contributed by atoms with van der Waals surface area (Å²) >= 11 is 0. The molecule has 0 aromatic heterocycles. The highest BCUT2D eigenvalue weighted by atomic mass is 16.5. The van der Waals surface area contributed by atoms with Gasteiger partial charge in [0, 0.05) is 6.54 Å². The van der Waals surface area contributed by atoms with E-state index in [-0.39, 0.29) is 11.4 Å². The van der Waals surface area contributed by atoms with Crippen molar-refractivity contribution in [1.82, 2.24) is 5.32 Å². The first kappa shape index (κ1) is 11.5. The third kappa shape index (κ3) is 2.47. The summed E-state index contributed by atoms with van der Waals surface area (Å²) < 4.78 is 5.25. The van der Waals surface area contributed by atoms with E-state index in [1.807, 2.05) is 6.92 Å². The largest absolute Gasteiger partial charge is 0.465 e. The molecule has 0 saturated carbocycles. The second-order valence-electron chi connectivity index (χ2n) is 4.05. The molecule has 3 heteroatoms. The highest BCUT2D eigenvalue weighted by Gasteiger charge is 2.39. The molecule has 0 aromatic carbocycles. The first-order valence-electron chi connectivity index (χ1n) is 5.63. The quantitative estimate of drug-likeness (QED) is 0.701. The van der Waals surface area contributed by atoms with Gasteiger partial charge in [-0.2, -0.15) is 0 Å². The zero-order valence-electron chi connectivity index (χ0n) is 9.27. The Labute approximate surface area is 86.2 Å². The van der Waals surface area contributed by atoms with Gasteiger partial charge in [-0.05, 0) is 32.2 Å². The lowest BCUT2D eigenvalue weighted by Gasteiger charge is -2.34. The molecule has 1 rings (SSSR count). The molecule has 1 N–H and O–H groups in total. The fourth-order valence-corrected chi connectivity index (χ4v) is 1.94. The molecule has 1 fully saturated rings. The van der Waals surface area contributed by atoms with Crippen molar-refractivity contribution in [2.24, 2.45) is 5.41 Å². The molecule has 1 aliphatic heterocycles. The molecule has 1 aliphatic rings. The van der Waals surface area contributed by atoms with Crippen LogP contribution in [0.2, 0.25) is 0 Å². The summed E-state index contributed by atoms with van der Waals surface area (Å²) in [6, 6.07) is 0. The number of nitrogens with one attached hydrogen (secondary N) is 1. The number of hydrogen-bond donors (Lipinski definition) is 1. The highest BCUT2D eigenvalue weighted by Crippen LogP contribution is 2.31. The molecule has 14 heavy (non-hydrogen) atoms. The fourth-order valence-electron chi connectivity index (χ4n) is 1.94. The van der Waals surface area contributed by atoms with Crippen LogP contribution in [0.25, 0.3) is 0 Å². The SMILES string of the molecule is CCCOC(=O)C1(CC)CCCNC1. The lowest BCUT2D eigenvalue weighted by molar-refractivity contribution is -0.157. The topological polar surface area (TPSA) is 38.3 Å². The van der Waals surface area contributed by atoms with E-state index >= 15 is 0 Å². The van der Waals surface area contributed by atoms with Crippen molar-refractivity contribution < 1.29 is 9.53 Å². The standard InChI is InChI=1S/C11H21NO2/c1-3-8-14-10(13)11(4-2)6-5-7-12-9-11/h12H,3-9H2,1-2H3. The molecule has 1 heterocycles. The van der Waals surface area contributed by atoms with E-state index in [0.29, 0.717) is 6.61 Å². The van der Waals surface area contributed by atoms with Crippen LogP contribution >= 0.6 is 0 Å². The van der Waals surface area contributed by atoms with Crippen LogP contribution in [-0.2, 0) is 9.53 Å². The Hall–Kier alpha value is -0.570. The van der Waals surface area contributed by atoms with Gasteiger partial charge < -0.3 is 10.1 Å². The van der Waals surface area contributed by atoms with E-state index in [4.69, 9.17) is 4.74 Å². The minimum Gasteiger partial charge on any atom is -0.465 e. The zero-order chi connectivity index (χ0) is 10.4. The van der Waals surface area contributed by atoms with Crippen molar-refractivity contribution in [3.63, 3.8) is 0 Å². The third-order valence-electron chi connectivity index (χ3n) is 3.02. The maximum atomic E-state index is 11.8. The molecule has 0 aromatic rings. The van der Waals surface area contributed by atoms with E-state index in [9.17, 15) is 4.79 Å². The molecular weight excluding hydrogens is 178 g/mol. The number of ether oxygens (including phenoxy) is 1. The molecule has 82 valence electrons. The zero-order valence-corrected chi connectivity index (χ0v) is 9.27. The Morgan fingerprint density at radius 3 is 2.79 bits per heavy atom. The van der Waals surface area contributed by atoms with E-state index < -0.39 is 0 Å². The molecule has 1 atom stereocenters. The summed E-state index contributed by atoms with van der Waals surface area (Å²) in [5.74, 6) is -0.00551. The Morgan fingerprint density at radius 2 is 2.29 bits per heavy atom. The van der Waals surface area contributed by atoms with E-state index in [1.54, 1.807) is 0 Å². The molecule has 0 bridgehead atoms. The number of carbonyl (C=O) groups is 1. The Morgan fingerprint density at radius 1 is 1.50 bits per heavy atom. The Balaban J connectivity index is 2.53. The third-order valence-corrected chi connectivity index (χ3v) is 3.02. The van der Waals surface area contributed by atoms with Gasteiger partial charge in [0.15, 0.2) is 0 Å². The van der Waals surface area contributed by atoms with Gasteiger partial charge in [0.2, 0.25) is 0 Å². The average molecular weight is 199 g/mol. The summed E-state index contributed by atoms with van der Waals surface area (Å²) in [6.45, 7) is 6.46. The van der Waals surface area contributed by atoms with E-state index in [2.05, 4.69) is 12.2 Å². The summed E-state index contributed by atoms with van der Waals surface area (Å²) in [6.07, 6.45) is 3.83. The lowest BCUT2D eigenvalue weighted by atomic mass is 9.78. The van der Waals surface area contributed by atoms with Gasteiger partial charge in [-0.25, -0.2) is 0 Å². The van der Waals surface area contributed by atoms with Gasteiger partial charge in [0.25, 0.3) is 0 Å². The van der Waals surface area contributed by atoms with Gasteiger partial charge in [-0.1, -0.05) is 13.8 Å². The van der Waals surface area contributed by atoms with Crippen LogP contribution in [0.3, 0.4) is 0 Å². The van der Waals surface area contributed by atoms with Crippen molar-refractivity contribution >= 4 is 5.97 Å². The van der Waals surface area contributed by atoms with Gasteiger partial charge in [-0.3, -0.25) is 4.79 Å². The van der Waals surface area contributed by atoms with Crippen molar-refractivity contribution in [3.05, 3.63) is 0 Å². The smallest absolute Gasteiger partial charge is 0.313 e. The number of rotatable bonds is 4. The molecule has 1 saturated heterocycles. The first-order chi connectivity index (χ1) is 6.75. The van der Waals surface area contributed by atoms with Crippen LogP contribution < -0.4 is 5.32 Å². The highest BCUT2D eigenvalue weighted by molar-refractivity contribution is 5.77. The molecule has 0 radical (unpaired) electrons. The normalized spacial score (nSPS) is 27.3. The molecule has 0 aliphatic carbocycles. The first-order valence-corrected chi connectivity index (χ1v) is 5.63. The minimum absolute atomic E-state index is 0.00551. The maximum absolute atomic E-state index is 11.8. The van der Waals surface area contributed by atoms with Crippen LogP contribution in [0.5, 0.6) is 0 Å². The fraction of sp³-hybridized carbons (Fsp3) is 0.909. The monoisotopic (exact) mass is 199 g/mol. The van der Waals surface area contributed by atoms with Crippen molar-refractivity contribution in [1.29, 1.82) is 0 Å². The predicted octanol–water partition coefficient (Wildman–Crippen LogP) is 1.72. The second kappa shape index (κ2) is 5.35. The average Bonchev–Trinajstić information content (AvgIpc) is 2.26. The predicted molar refractivity (Wildman–Crippen MR) is 56.1 cm³/mol. The molecule has 0 spiro atoms. The summed E-state index contributed by atoms with van der Waals surface area (Å²) in [5, 5.41) is 3.28. The molecule has 0 amide bonds. The van der Waals surface area contributed by atoms with Crippen LogP contribution in [-0.4, -0.2) is 25.7 Å². The summed E-state index contributed by atoms with van der Waals surface area (Å²) in [7, 11) is 0. The Bertz CT molecular complexity index is 186. The maximum Gasteiger partial charge on any atom is 0.313 e. The van der Waals surface area contributed by atoms with Gasteiger partial charge in [0.1, 0.15) is 0 Å². The van der Waals surface area contributed by atoms with Crippen molar-refractivity contribution in [2.75, 3.05) is 19.7 Å². The van der Waals surface area contributed by atoms with Crippen molar-refractivity contribution in [2.45, 2.75) is 39.5 Å². The summed E-state index contributed by atoms with van der Waals surface area (Å²) in [4.78, 5) is 11.8. The van der Waals surface area contributed by atoms with Gasteiger partial charge in [0.05, 0.1) is 12.0 Å². The van der Waals surface area contributed by atoms with E-state index in [0.717, 1.165) is 38.8 Å². The van der Waals surface area contributed by atoms with E-state index in [1.165, 1.54) is 0 Å². The van der Waals surface area contributed by atoms with Crippen molar-refractivity contribution in [3.8, 4) is 0 Å². The molecule has 1 unspecified atom stereocenters. The number of piperidine rings is 1. The number of esters is 1. The molecular formula is C11H21NO2. The number of carbonyl (C=O) groups excluding carboxylic acids is 1.